The molecule has 0 aliphatic carbocycles. The lowest BCUT2D eigenvalue weighted by Gasteiger charge is -2.03. The number of nitrogens with zero attached hydrogens (tertiary/aromatic N) is 4. The molecule has 148 valence electrons. The predicted molar refractivity (Wildman–Crippen MR) is 122 cm³/mol. The summed E-state index contributed by atoms with van der Waals surface area (Å²) in [6, 6.07) is 16.1. The van der Waals surface area contributed by atoms with E-state index in [0.717, 1.165) is 55.6 Å². The number of nitrogens with one attached hydrogen (secondary N) is 2. The molecule has 0 unspecified atom stereocenters. The molecule has 7 heteroatoms. The van der Waals surface area contributed by atoms with Gasteiger partial charge in [0.05, 0.1) is 22.6 Å². The van der Waals surface area contributed by atoms with Gasteiger partial charge in [-0.15, -0.1) is 0 Å². The van der Waals surface area contributed by atoms with Gasteiger partial charge in [0.2, 0.25) is 0 Å². The third kappa shape index (κ3) is 2.91. The van der Waals surface area contributed by atoms with E-state index in [9.17, 15) is 0 Å². The summed E-state index contributed by atoms with van der Waals surface area (Å²) in [6.07, 6.45) is 8.84. The number of aromatic amines is 2. The molecular formula is C24H17N7. The number of pyridine rings is 3. The number of rotatable bonds is 3. The van der Waals surface area contributed by atoms with Gasteiger partial charge in [-0.25, -0.2) is 0 Å². The normalized spacial score (nSPS) is 11.4. The van der Waals surface area contributed by atoms with Gasteiger partial charge in [-0.05, 0) is 48.0 Å². The molecular weight excluding hydrogens is 386 g/mol. The van der Waals surface area contributed by atoms with E-state index in [-0.39, 0.29) is 0 Å². The zero-order chi connectivity index (χ0) is 20.8. The Morgan fingerprint density at radius 2 is 1.61 bits per heavy atom. The van der Waals surface area contributed by atoms with Crippen molar-refractivity contribution >= 4 is 27.5 Å². The Labute approximate surface area is 177 Å². The van der Waals surface area contributed by atoms with Crippen LogP contribution < -0.4 is 5.73 Å². The first-order chi connectivity index (χ1) is 15.3. The lowest BCUT2D eigenvalue weighted by molar-refractivity contribution is 1.12. The Morgan fingerprint density at radius 3 is 2.48 bits per heavy atom. The summed E-state index contributed by atoms with van der Waals surface area (Å²) in [4.78, 5) is 16.5. The quantitative estimate of drug-likeness (QED) is 0.393. The lowest BCUT2D eigenvalue weighted by atomic mass is 10.0. The number of H-pyrrole nitrogens is 2. The summed E-state index contributed by atoms with van der Waals surface area (Å²) in [6.45, 7) is 0. The van der Waals surface area contributed by atoms with Gasteiger partial charge in [0.1, 0.15) is 5.69 Å². The van der Waals surface area contributed by atoms with E-state index in [2.05, 4.69) is 42.3 Å². The smallest absolute Gasteiger partial charge is 0.116 e. The van der Waals surface area contributed by atoms with Gasteiger partial charge >= 0.3 is 0 Å². The average Bonchev–Trinajstić information content (AvgIpc) is 3.43. The molecule has 0 saturated heterocycles. The Morgan fingerprint density at radius 1 is 0.710 bits per heavy atom. The molecule has 4 N–H and O–H groups in total. The fourth-order valence-corrected chi connectivity index (χ4v) is 3.93. The minimum Gasteiger partial charge on any atom is -0.397 e. The van der Waals surface area contributed by atoms with E-state index in [4.69, 9.17) is 5.73 Å². The molecule has 0 atom stereocenters. The van der Waals surface area contributed by atoms with E-state index in [0.29, 0.717) is 5.69 Å². The van der Waals surface area contributed by atoms with E-state index >= 15 is 0 Å². The molecule has 0 bridgehead atoms. The molecule has 1 aromatic carbocycles. The van der Waals surface area contributed by atoms with Crippen LogP contribution in [0.1, 0.15) is 0 Å². The molecule has 0 aliphatic rings. The zero-order valence-corrected chi connectivity index (χ0v) is 16.4. The monoisotopic (exact) mass is 403 g/mol. The van der Waals surface area contributed by atoms with Gasteiger partial charge in [-0.1, -0.05) is 6.07 Å². The van der Waals surface area contributed by atoms with Crippen LogP contribution in [-0.4, -0.2) is 30.1 Å². The first-order valence-corrected chi connectivity index (χ1v) is 9.84. The highest BCUT2D eigenvalue weighted by molar-refractivity contribution is 6.00. The molecule has 31 heavy (non-hydrogen) atoms. The maximum Gasteiger partial charge on any atom is 0.116 e. The molecule has 0 fully saturated rings. The van der Waals surface area contributed by atoms with Gasteiger partial charge in [0.25, 0.3) is 0 Å². The van der Waals surface area contributed by atoms with Crippen LogP contribution >= 0.6 is 0 Å². The summed E-state index contributed by atoms with van der Waals surface area (Å²) in [7, 11) is 0. The number of hydrogen-bond acceptors (Lipinski definition) is 5. The summed E-state index contributed by atoms with van der Waals surface area (Å²) < 4.78 is 0. The van der Waals surface area contributed by atoms with Crippen LogP contribution in [0.15, 0.2) is 79.5 Å². The van der Waals surface area contributed by atoms with Crippen molar-refractivity contribution in [1.82, 2.24) is 30.1 Å². The molecule has 6 aromatic rings. The second-order valence-corrected chi connectivity index (χ2v) is 7.39. The largest absolute Gasteiger partial charge is 0.397 e. The summed E-state index contributed by atoms with van der Waals surface area (Å²) in [5.74, 6) is 0. The highest BCUT2D eigenvalue weighted by Gasteiger charge is 2.15. The van der Waals surface area contributed by atoms with Crippen molar-refractivity contribution in [3.8, 4) is 33.8 Å². The molecule has 0 aliphatic heterocycles. The predicted octanol–water partition coefficient (Wildman–Crippen LogP) is 4.81. The first-order valence-electron chi connectivity index (χ1n) is 9.84. The standard InChI is InChI=1S/C24H17N7/c25-17-8-16(12-27-13-17)14-3-4-21-18(9-14)24(31-30-21)22-10-19-20(29-22)5-7-28-23(19)15-2-1-6-26-11-15/h1-13,29H,25H2,(H,30,31). The molecule has 0 amide bonds. The summed E-state index contributed by atoms with van der Waals surface area (Å²) in [5.41, 5.74) is 14.1. The van der Waals surface area contributed by atoms with Crippen molar-refractivity contribution in [2.45, 2.75) is 0 Å². The van der Waals surface area contributed by atoms with Crippen LogP contribution in [0.2, 0.25) is 0 Å². The maximum absolute atomic E-state index is 5.92. The fraction of sp³-hybridized carbons (Fsp3) is 0. The Bertz CT molecular complexity index is 1550. The van der Waals surface area contributed by atoms with Crippen LogP contribution in [0, 0.1) is 0 Å². The van der Waals surface area contributed by atoms with Crippen molar-refractivity contribution in [2.75, 3.05) is 5.73 Å². The fourth-order valence-electron chi connectivity index (χ4n) is 3.93. The minimum absolute atomic E-state index is 0.635. The molecule has 5 aromatic heterocycles. The number of nitrogen functional groups attached to an aromatic ring is 1. The van der Waals surface area contributed by atoms with Crippen LogP contribution in [0.5, 0.6) is 0 Å². The van der Waals surface area contributed by atoms with Crippen molar-refractivity contribution in [3.63, 3.8) is 0 Å². The lowest BCUT2D eigenvalue weighted by Crippen LogP contribution is -1.87. The summed E-state index contributed by atoms with van der Waals surface area (Å²) >= 11 is 0. The zero-order valence-electron chi connectivity index (χ0n) is 16.4. The number of benzene rings is 1. The topological polar surface area (TPSA) is 109 Å². The summed E-state index contributed by atoms with van der Waals surface area (Å²) in [5, 5.41) is 9.76. The molecule has 5 heterocycles. The molecule has 0 spiro atoms. The van der Waals surface area contributed by atoms with Gasteiger partial charge in [0, 0.05) is 58.4 Å². The second kappa shape index (κ2) is 6.77. The third-order valence-corrected chi connectivity index (χ3v) is 5.39. The average molecular weight is 403 g/mol. The SMILES string of the molecule is Nc1cncc(-c2ccc3[nH]nc(-c4cc5c(-c6cccnc6)nccc5[nH]4)c3c2)c1. The Kier molecular flexibility index (Phi) is 3.79. The molecule has 0 saturated carbocycles. The number of aromatic nitrogens is 6. The second-order valence-electron chi connectivity index (χ2n) is 7.39. The number of nitrogens with two attached hydrogens (primary N) is 1. The first kappa shape index (κ1) is 17.3. The Balaban J connectivity index is 1.51. The minimum atomic E-state index is 0.635. The van der Waals surface area contributed by atoms with Crippen LogP contribution in [0.3, 0.4) is 0 Å². The van der Waals surface area contributed by atoms with Crippen LogP contribution in [-0.2, 0) is 0 Å². The highest BCUT2D eigenvalue weighted by atomic mass is 15.1. The number of hydrogen-bond donors (Lipinski definition) is 3. The highest BCUT2D eigenvalue weighted by Crippen LogP contribution is 2.34. The molecule has 0 radical (unpaired) electrons. The van der Waals surface area contributed by atoms with Crippen molar-refractivity contribution < 1.29 is 0 Å². The van der Waals surface area contributed by atoms with Crippen LogP contribution in [0.25, 0.3) is 55.6 Å². The molecule has 6 rings (SSSR count). The third-order valence-electron chi connectivity index (χ3n) is 5.39. The van der Waals surface area contributed by atoms with E-state index < -0.39 is 0 Å². The van der Waals surface area contributed by atoms with Gasteiger partial charge < -0.3 is 10.7 Å². The van der Waals surface area contributed by atoms with Gasteiger partial charge in [-0.3, -0.25) is 20.1 Å². The molecule has 7 nitrogen and oxygen atoms in total. The van der Waals surface area contributed by atoms with E-state index in [1.165, 1.54) is 0 Å². The van der Waals surface area contributed by atoms with Crippen LogP contribution in [0.4, 0.5) is 5.69 Å². The van der Waals surface area contributed by atoms with E-state index in [1.807, 2.05) is 48.8 Å². The number of anilines is 1. The Hall–Kier alpha value is -4.52. The van der Waals surface area contributed by atoms with Crippen molar-refractivity contribution in [3.05, 3.63) is 79.5 Å². The van der Waals surface area contributed by atoms with Gasteiger partial charge in [-0.2, -0.15) is 5.10 Å². The van der Waals surface area contributed by atoms with Crippen molar-refractivity contribution in [2.24, 2.45) is 0 Å². The van der Waals surface area contributed by atoms with Gasteiger partial charge in [0.15, 0.2) is 0 Å². The van der Waals surface area contributed by atoms with Crippen molar-refractivity contribution in [1.29, 1.82) is 0 Å². The van der Waals surface area contributed by atoms with E-state index in [1.54, 1.807) is 18.6 Å². The number of fused-ring (bicyclic) bond motifs is 2. The maximum atomic E-state index is 5.92.